The summed E-state index contributed by atoms with van der Waals surface area (Å²) < 4.78 is 5.27. The number of amides is 1. The molecule has 90 valence electrons. The van der Waals surface area contributed by atoms with Crippen LogP contribution in [0.2, 0.25) is 0 Å². The molecule has 1 saturated heterocycles. The zero-order valence-electron chi connectivity index (χ0n) is 9.98. The van der Waals surface area contributed by atoms with Gasteiger partial charge in [-0.2, -0.15) is 5.26 Å². The maximum atomic E-state index is 12.2. The number of rotatable bonds is 2. The van der Waals surface area contributed by atoms with Crippen molar-refractivity contribution in [1.29, 1.82) is 5.26 Å². The zero-order valence-corrected chi connectivity index (χ0v) is 9.98. The van der Waals surface area contributed by atoms with Crippen LogP contribution in [-0.2, 0) is 6.42 Å². The molecule has 1 amide bonds. The second-order valence-electron chi connectivity index (χ2n) is 4.31. The van der Waals surface area contributed by atoms with Crippen molar-refractivity contribution in [2.45, 2.75) is 26.2 Å². The molecular weight excluding hydrogens is 216 g/mol. The normalized spacial score (nSPS) is 16.8. The molecule has 1 fully saturated rings. The van der Waals surface area contributed by atoms with Gasteiger partial charge in [0.15, 0.2) is 0 Å². The minimum absolute atomic E-state index is 0.0342. The van der Waals surface area contributed by atoms with Crippen molar-refractivity contribution < 1.29 is 9.21 Å². The number of nitrogens with zero attached hydrogens (tertiary/aromatic N) is 2. The van der Waals surface area contributed by atoms with Crippen LogP contribution >= 0.6 is 0 Å². The second kappa shape index (κ2) is 5.05. The largest absolute Gasteiger partial charge is 0.469 e. The molecule has 0 saturated carbocycles. The number of piperidine rings is 1. The summed E-state index contributed by atoms with van der Waals surface area (Å²) in [5.74, 6) is 0.887. The Bertz CT molecular complexity index is 437. The van der Waals surface area contributed by atoms with Crippen molar-refractivity contribution >= 4 is 5.91 Å². The quantitative estimate of drug-likeness (QED) is 0.785. The first-order valence-electron chi connectivity index (χ1n) is 6.01. The van der Waals surface area contributed by atoms with Crippen LogP contribution in [0.15, 0.2) is 16.7 Å². The summed E-state index contributed by atoms with van der Waals surface area (Å²) in [7, 11) is 0. The predicted octanol–water partition coefficient (Wildman–Crippen LogP) is 2.22. The Hall–Kier alpha value is -1.76. The molecule has 1 aliphatic heterocycles. The Labute approximate surface area is 101 Å². The average molecular weight is 232 g/mol. The van der Waals surface area contributed by atoms with E-state index in [1.807, 2.05) is 11.8 Å². The van der Waals surface area contributed by atoms with E-state index < -0.39 is 0 Å². The van der Waals surface area contributed by atoms with Crippen molar-refractivity contribution in [2.24, 2.45) is 5.92 Å². The lowest BCUT2D eigenvalue weighted by Gasteiger charge is -2.29. The molecular formula is C13H16N2O2. The van der Waals surface area contributed by atoms with Crippen LogP contribution in [0.25, 0.3) is 0 Å². The number of likely N-dealkylation sites (tertiary alicyclic amines) is 1. The molecule has 1 aromatic rings. The summed E-state index contributed by atoms with van der Waals surface area (Å²) in [6, 6.07) is 4.00. The number of carbonyl (C=O) groups is 1. The van der Waals surface area contributed by atoms with E-state index in [0.29, 0.717) is 18.7 Å². The van der Waals surface area contributed by atoms with E-state index in [2.05, 4.69) is 6.07 Å². The number of aryl methyl sites for hydroxylation is 1. The lowest BCUT2D eigenvalue weighted by molar-refractivity contribution is 0.0705. The number of carbonyl (C=O) groups excluding carboxylic acids is 1. The topological polar surface area (TPSA) is 57.2 Å². The fourth-order valence-electron chi connectivity index (χ4n) is 2.19. The van der Waals surface area contributed by atoms with E-state index in [1.165, 1.54) is 0 Å². The zero-order chi connectivity index (χ0) is 12.3. The van der Waals surface area contributed by atoms with Gasteiger partial charge in [0.1, 0.15) is 5.76 Å². The van der Waals surface area contributed by atoms with Crippen LogP contribution in [0.4, 0.5) is 0 Å². The Morgan fingerprint density at radius 3 is 2.88 bits per heavy atom. The molecule has 0 spiro atoms. The van der Waals surface area contributed by atoms with Gasteiger partial charge < -0.3 is 9.32 Å². The molecule has 0 bridgehead atoms. The van der Waals surface area contributed by atoms with Crippen LogP contribution in [0.3, 0.4) is 0 Å². The van der Waals surface area contributed by atoms with E-state index in [0.717, 1.165) is 25.0 Å². The Morgan fingerprint density at radius 2 is 2.29 bits per heavy atom. The van der Waals surface area contributed by atoms with Crippen molar-refractivity contribution in [3.63, 3.8) is 0 Å². The first-order valence-corrected chi connectivity index (χ1v) is 6.01. The van der Waals surface area contributed by atoms with E-state index in [9.17, 15) is 4.79 Å². The highest BCUT2D eigenvalue weighted by molar-refractivity contribution is 5.95. The fraction of sp³-hybridized carbons (Fsp3) is 0.538. The SMILES string of the molecule is CCc1occc1C(=O)N1CCC(C#N)CC1. The Kier molecular flexibility index (Phi) is 3.48. The average Bonchev–Trinajstić information content (AvgIpc) is 2.86. The third-order valence-electron chi connectivity index (χ3n) is 3.26. The van der Waals surface area contributed by atoms with Gasteiger partial charge in [0.2, 0.25) is 0 Å². The Balaban J connectivity index is 2.05. The molecule has 0 radical (unpaired) electrons. The molecule has 0 aromatic carbocycles. The van der Waals surface area contributed by atoms with Gasteiger partial charge in [-0.05, 0) is 18.9 Å². The van der Waals surface area contributed by atoms with Crippen molar-refractivity contribution in [2.75, 3.05) is 13.1 Å². The minimum Gasteiger partial charge on any atom is -0.469 e. The monoisotopic (exact) mass is 232 g/mol. The van der Waals surface area contributed by atoms with Crippen LogP contribution in [0.5, 0.6) is 0 Å². The standard InChI is InChI=1S/C13H16N2O2/c1-2-12-11(5-8-17-12)13(16)15-6-3-10(9-14)4-7-15/h5,8,10H,2-4,6-7H2,1H3. The highest BCUT2D eigenvalue weighted by Crippen LogP contribution is 2.20. The molecule has 2 heterocycles. The highest BCUT2D eigenvalue weighted by Gasteiger charge is 2.25. The number of hydrogen-bond acceptors (Lipinski definition) is 3. The predicted molar refractivity (Wildman–Crippen MR) is 62.3 cm³/mol. The molecule has 4 heteroatoms. The van der Waals surface area contributed by atoms with Crippen LogP contribution in [0, 0.1) is 17.2 Å². The third-order valence-corrected chi connectivity index (χ3v) is 3.26. The Morgan fingerprint density at radius 1 is 1.59 bits per heavy atom. The van der Waals surface area contributed by atoms with E-state index in [1.54, 1.807) is 12.3 Å². The van der Waals surface area contributed by atoms with E-state index >= 15 is 0 Å². The van der Waals surface area contributed by atoms with Gasteiger partial charge in [-0.25, -0.2) is 0 Å². The highest BCUT2D eigenvalue weighted by atomic mass is 16.3. The summed E-state index contributed by atoms with van der Waals surface area (Å²) in [5, 5.41) is 8.81. The second-order valence-corrected chi connectivity index (χ2v) is 4.31. The first kappa shape index (κ1) is 11.7. The number of furan rings is 1. The lowest BCUT2D eigenvalue weighted by atomic mass is 9.98. The third kappa shape index (κ3) is 2.33. The summed E-state index contributed by atoms with van der Waals surface area (Å²) in [6.07, 6.45) is 3.85. The van der Waals surface area contributed by atoms with Gasteiger partial charge in [-0.3, -0.25) is 4.79 Å². The molecule has 0 aliphatic carbocycles. The minimum atomic E-state index is 0.0342. The molecule has 2 rings (SSSR count). The maximum absolute atomic E-state index is 12.2. The first-order chi connectivity index (χ1) is 8.26. The van der Waals surface area contributed by atoms with Crippen LogP contribution in [-0.4, -0.2) is 23.9 Å². The molecule has 0 atom stereocenters. The van der Waals surface area contributed by atoms with Crippen LogP contribution in [0.1, 0.15) is 35.9 Å². The van der Waals surface area contributed by atoms with E-state index in [-0.39, 0.29) is 11.8 Å². The van der Waals surface area contributed by atoms with E-state index in [4.69, 9.17) is 9.68 Å². The van der Waals surface area contributed by atoms with Gasteiger partial charge in [0, 0.05) is 25.4 Å². The van der Waals surface area contributed by atoms with Crippen molar-refractivity contribution in [3.05, 3.63) is 23.7 Å². The molecule has 4 nitrogen and oxygen atoms in total. The number of nitriles is 1. The van der Waals surface area contributed by atoms with Gasteiger partial charge in [-0.1, -0.05) is 6.92 Å². The lowest BCUT2D eigenvalue weighted by Crippen LogP contribution is -2.38. The summed E-state index contributed by atoms with van der Waals surface area (Å²) in [5.41, 5.74) is 0.669. The van der Waals surface area contributed by atoms with Gasteiger partial charge in [-0.15, -0.1) is 0 Å². The molecule has 0 unspecified atom stereocenters. The maximum Gasteiger partial charge on any atom is 0.257 e. The summed E-state index contributed by atoms with van der Waals surface area (Å²) in [6.45, 7) is 3.31. The molecule has 17 heavy (non-hydrogen) atoms. The molecule has 1 aromatic heterocycles. The van der Waals surface area contributed by atoms with Gasteiger partial charge >= 0.3 is 0 Å². The van der Waals surface area contributed by atoms with Crippen molar-refractivity contribution in [1.82, 2.24) is 4.90 Å². The van der Waals surface area contributed by atoms with Crippen LogP contribution < -0.4 is 0 Å². The fourth-order valence-corrected chi connectivity index (χ4v) is 2.19. The molecule has 1 aliphatic rings. The van der Waals surface area contributed by atoms with Gasteiger partial charge in [0.05, 0.1) is 17.9 Å². The smallest absolute Gasteiger partial charge is 0.257 e. The summed E-state index contributed by atoms with van der Waals surface area (Å²) >= 11 is 0. The van der Waals surface area contributed by atoms with Gasteiger partial charge in [0.25, 0.3) is 5.91 Å². The van der Waals surface area contributed by atoms with Crippen molar-refractivity contribution in [3.8, 4) is 6.07 Å². The molecule has 0 N–H and O–H groups in total. The summed E-state index contributed by atoms with van der Waals surface area (Å²) in [4.78, 5) is 14.0. The number of hydrogen-bond donors (Lipinski definition) is 0.